The summed E-state index contributed by atoms with van der Waals surface area (Å²) in [6, 6.07) is 16.6. The highest BCUT2D eigenvalue weighted by molar-refractivity contribution is 7.13. The van der Waals surface area contributed by atoms with Gasteiger partial charge in [-0.1, -0.05) is 24.3 Å². The molecule has 1 aromatic heterocycles. The zero-order valence-electron chi connectivity index (χ0n) is 19.8. The fourth-order valence-corrected chi connectivity index (χ4v) is 4.89. The van der Waals surface area contributed by atoms with E-state index in [9.17, 15) is 15.0 Å². The number of carboxylic acid groups (broad SMARTS) is 1. The van der Waals surface area contributed by atoms with Crippen LogP contribution in [-0.4, -0.2) is 52.1 Å². The first-order chi connectivity index (χ1) is 17.4. The number of nitrogens with one attached hydrogen (secondary N) is 1. The average molecular weight is 504 g/mol. The zero-order chi connectivity index (χ0) is 25.2. The van der Waals surface area contributed by atoms with Crippen LogP contribution in [0, 0.1) is 6.92 Å². The Labute approximate surface area is 212 Å². The van der Waals surface area contributed by atoms with Crippen molar-refractivity contribution in [3.63, 3.8) is 0 Å². The number of aliphatic hydroxyl groups excluding tert-OH is 1. The lowest BCUT2D eigenvalue weighted by Gasteiger charge is -2.19. The Hall–Kier alpha value is -3.95. The molecule has 1 aliphatic heterocycles. The van der Waals surface area contributed by atoms with Crippen LogP contribution in [0.3, 0.4) is 0 Å². The Balaban J connectivity index is 1.40. The number of hydrogen-bond acceptors (Lipinski definition) is 8. The number of aliphatic hydroxyl groups is 1. The molecule has 0 saturated heterocycles. The zero-order valence-corrected chi connectivity index (χ0v) is 20.6. The summed E-state index contributed by atoms with van der Waals surface area (Å²) < 4.78 is 16.9. The molecular weight excluding hydrogens is 478 g/mol. The van der Waals surface area contributed by atoms with Gasteiger partial charge in [0.15, 0.2) is 23.4 Å². The minimum absolute atomic E-state index is 0.544. The van der Waals surface area contributed by atoms with Crippen molar-refractivity contribution in [2.75, 3.05) is 18.5 Å². The quantitative estimate of drug-likeness (QED) is 0.303. The van der Waals surface area contributed by atoms with Crippen LogP contribution in [0.2, 0.25) is 0 Å². The lowest BCUT2D eigenvalue weighted by atomic mass is 9.98. The second-order valence-electron chi connectivity index (χ2n) is 8.55. The molecule has 0 bridgehead atoms. The van der Waals surface area contributed by atoms with Crippen LogP contribution >= 0.6 is 11.5 Å². The van der Waals surface area contributed by atoms with E-state index < -0.39 is 18.1 Å². The van der Waals surface area contributed by atoms with Gasteiger partial charge in [0.25, 0.3) is 0 Å². The fraction of sp³-hybridized carbons (Fsp3) is 0.222. The summed E-state index contributed by atoms with van der Waals surface area (Å²) in [7, 11) is 0. The molecule has 0 amide bonds. The van der Waals surface area contributed by atoms with Crippen molar-refractivity contribution >= 4 is 45.3 Å². The number of hydrogen-bond donors (Lipinski definition) is 3. The third-order valence-corrected chi connectivity index (χ3v) is 6.84. The van der Waals surface area contributed by atoms with Crippen molar-refractivity contribution in [1.29, 1.82) is 0 Å². The standard InChI is InChI=1S/C27H25N3O5S/c1-15-19(18-7-9-22-23(13-18)35-11-10-34-22)4-3-5-21(15)29-26-20-8-6-17(12-24(20)36-30-26)14-28-25(16(2)31)27(32)33/h3-9,12-14,16,25,31H,10-11H2,1-2H3,(H,29,30)(H,32,33). The molecule has 8 nitrogen and oxygen atoms in total. The highest BCUT2D eigenvalue weighted by atomic mass is 32.1. The molecule has 184 valence electrons. The van der Waals surface area contributed by atoms with Gasteiger partial charge in [-0.15, -0.1) is 0 Å². The van der Waals surface area contributed by atoms with Gasteiger partial charge in [0.05, 0.1) is 10.8 Å². The van der Waals surface area contributed by atoms with E-state index in [4.69, 9.17) is 9.47 Å². The molecule has 0 aliphatic carbocycles. The summed E-state index contributed by atoms with van der Waals surface area (Å²) in [6.07, 6.45) is 0.390. The summed E-state index contributed by atoms with van der Waals surface area (Å²) in [5.74, 6) is 1.10. The van der Waals surface area contributed by atoms with Crippen molar-refractivity contribution < 1.29 is 24.5 Å². The number of aliphatic carboxylic acids is 1. The van der Waals surface area contributed by atoms with Gasteiger partial charge in [-0.3, -0.25) is 4.99 Å². The number of fused-ring (bicyclic) bond motifs is 2. The van der Waals surface area contributed by atoms with Gasteiger partial charge in [-0.25, -0.2) is 4.79 Å². The van der Waals surface area contributed by atoms with Gasteiger partial charge < -0.3 is 25.0 Å². The molecule has 36 heavy (non-hydrogen) atoms. The second kappa shape index (κ2) is 9.96. The maximum absolute atomic E-state index is 11.3. The SMILES string of the molecule is Cc1c(Nc2nsc3cc(C=NC(C(=O)O)C(C)O)ccc23)cccc1-c1ccc2c(c1)OCCO2. The van der Waals surface area contributed by atoms with E-state index in [1.165, 1.54) is 24.7 Å². The number of benzene rings is 3. The van der Waals surface area contributed by atoms with E-state index in [0.29, 0.717) is 13.2 Å². The maximum Gasteiger partial charge on any atom is 0.331 e. The van der Waals surface area contributed by atoms with E-state index in [1.54, 1.807) is 0 Å². The number of nitrogens with zero attached hydrogens (tertiary/aromatic N) is 2. The number of carboxylic acids is 1. The summed E-state index contributed by atoms with van der Waals surface area (Å²) in [5.41, 5.74) is 4.89. The average Bonchev–Trinajstić information content (AvgIpc) is 3.26. The van der Waals surface area contributed by atoms with Gasteiger partial charge in [0.2, 0.25) is 0 Å². The minimum Gasteiger partial charge on any atom is -0.486 e. The highest BCUT2D eigenvalue weighted by Gasteiger charge is 2.21. The number of aliphatic imine (C=N–C) groups is 1. The van der Waals surface area contributed by atoms with E-state index in [0.717, 1.165) is 55.3 Å². The van der Waals surface area contributed by atoms with E-state index in [-0.39, 0.29) is 0 Å². The van der Waals surface area contributed by atoms with Crippen LogP contribution in [0.5, 0.6) is 11.5 Å². The summed E-state index contributed by atoms with van der Waals surface area (Å²) in [6.45, 7) is 4.58. The molecular formula is C27H25N3O5S. The molecule has 5 rings (SSSR count). The van der Waals surface area contributed by atoms with Gasteiger partial charge in [0.1, 0.15) is 13.2 Å². The molecule has 0 fully saturated rings. The van der Waals surface area contributed by atoms with E-state index in [2.05, 4.69) is 27.7 Å². The Morgan fingerprint density at radius 2 is 1.94 bits per heavy atom. The van der Waals surface area contributed by atoms with Crippen LogP contribution in [0.4, 0.5) is 11.5 Å². The summed E-state index contributed by atoms with van der Waals surface area (Å²) in [5, 5.41) is 23.2. The summed E-state index contributed by atoms with van der Waals surface area (Å²) in [4.78, 5) is 15.3. The predicted octanol–water partition coefficient (Wildman–Crippen LogP) is 5.04. The first kappa shape index (κ1) is 23.8. The molecule has 2 atom stereocenters. The van der Waals surface area contributed by atoms with Gasteiger partial charge in [-0.2, -0.15) is 4.37 Å². The first-order valence-electron chi connectivity index (χ1n) is 11.5. The number of rotatable bonds is 7. The fourth-order valence-electron chi connectivity index (χ4n) is 4.11. The Kier molecular flexibility index (Phi) is 6.58. The predicted molar refractivity (Wildman–Crippen MR) is 141 cm³/mol. The van der Waals surface area contributed by atoms with Crippen LogP contribution in [-0.2, 0) is 4.79 Å². The number of ether oxygens (including phenoxy) is 2. The number of aromatic nitrogens is 1. The normalized spacial score (nSPS) is 14.6. The van der Waals surface area contributed by atoms with Gasteiger partial charge in [-0.05, 0) is 78.0 Å². The van der Waals surface area contributed by atoms with E-state index in [1.807, 2.05) is 48.5 Å². The number of carbonyl (C=O) groups is 1. The Morgan fingerprint density at radius 3 is 2.72 bits per heavy atom. The van der Waals surface area contributed by atoms with Crippen LogP contribution in [0.1, 0.15) is 18.1 Å². The molecule has 0 saturated carbocycles. The van der Waals surface area contributed by atoms with Gasteiger partial charge in [0, 0.05) is 17.3 Å². The molecule has 0 spiro atoms. The lowest BCUT2D eigenvalue weighted by Crippen LogP contribution is -2.29. The Morgan fingerprint density at radius 1 is 1.14 bits per heavy atom. The monoisotopic (exact) mass is 503 g/mol. The second-order valence-corrected chi connectivity index (χ2v) is 9.36. The summed E-state index contributed by atoms with van der Waals surface area (Å²) >= 11 is 1.35. The smallest absolute Gasteiger partial charge is 0.331 e. The third-order valence-electron chi connectivity index (χ3n) is 6.03. The van der Waals surface area contributed by atoms with Crippen molar-refractivity contribution in [2.45, 2.75) is 26.0 Å². The minimum atomic E-state index is -1.20. The van der Waals surface area contributed by atoms with Crippen molar-refractivity contribution in [2.24, 2.45) is 4.99 Å². The molecule has 4 aromatic rings. The number of anilines is 2. The third kappa shape index (κ3) is 4.75. The van der Waals surface area contributed by atoms with Crippen molar-refractivity contribution in [3.8, 4) is 22.6 Å². The van der Waals surface area contributed by atoms with Crippen LogP contribution in [0.25, 0.3) is 21.2 Å². The highest BCUT2D eigenvalue weighted by Crippen LogP contribution is 2.38. The maximum atomic E-state index is 11.3. The molecule has 3 aromatic carbocycles. The Bertz CT molecular complexity index is 1460. The van der Waals surface area contributed by atoms with Crippen LogP contribution in [0.15, 0.2) is 59.6 Å². The van der Waals surface area contributed by atoms with Crippen LogP contribution < -0.4 is 14.8 Å². The molecule has 2 unspecified atom stereocenters. The topological polar surface area (TPSA) is 113 Å². The van der Waals surface area contributed by atoms with Crippen molar-refractivity contribution in [3.05, 3.63) is 65.7 Å². The molecule has 1 aliphatic rings. The largest absolute Gasteiger partial charge is 0.486 e. The molecule has 9 heteroatoms. The molecule has 3 N–H and O–H groups in total. The molecule has 0 radical (unpaired) electrons. The van der Waals surface area contributed by atoms with E-state index >= 15 is 0 Å². The van der Waals surface area contributed by atoms with Gasteiger partial charge >= 0.3 is 5.97 Å². The van der Waals surface area contributed by atoms with Crippen molar-refractivity contribution in [1.82, 2.24) is 4.37 Å². The first-order valence-corrected chi connectivity index (χ1v) is 12.3. The molecule has 2 heterocycles. The lowest BCUT2D eigenvalue weighted by molar-refractivity contribution is -0.140.